The fourth-order valence-corrected chi connectivity index (χ4v) is 1.20. The molecule has 0 aromatic rings. The van der Waals surface area contributed by atoms with Gasteiger partial charge in [0.25, 0.3) is 10.3 Å². The number of aliphatic hydroxyl groups is 1. The van der Waals surface area contributed by atoms with E-state index in [1.165, 1.54) is 6.08 Å². The Morgan fingerprint density at radius 3 is 2.19 bits per heavy atom. The molecule has 94 valence electrons. The fraction of sp³-hybridized carbons (Fsp3) is 0.556. The molecule has 0 saturated heterocycles. The first kappa shape index (κ1) is 17.8. The predicted molar refractivity (Wildman–Crippen MR) is 75.9 cm³/mol. The zero-order chi connectivity index (χ0) is 13.1. The van der Waals surface area contributed by atoms with Gasteiger partial charge >= 0.3 is 0 Å². The van der Waals surface area contributed by atoms with Gasteiger partial charge in [-0.05, 0) is 44.4 Å². The van der Waals surface area contributed by atoms with Gasteiger partial charge in [0.1, 0.15) is 0 Å². The Morgan fingerprint density at radius 2 is 1.94 bits per heavy atom. The van der Waals surface area contributed by atoms with Gasteiger partial charge in [-0.15, -0.1) is 0 Å². The van der Waals surface area contributed by atoms with Gasteiger partial charge in [-0.25, -0.2) is 0 Å². The van der Waals surface area contributed by atoms with Gasteiger partial charge in [0.05, 0.1) is 0 Å². The third kappa shape index (κ3) is 11.5. The molecule has 3 N–H and O–H groups in total. The van der Waals surface area contributed by atoms with Gasteiger partial charge in [0.15, 0.2) is 5.56 Å². The Labute approximate surface area is 112 Å². The van der Waals surface area contributed by atoms with Crippen molar-refractivity contribution >= 4 is 46.4 Å². The van der Waals surface area contributed by atoms with Crippen LogP contribution < -0.4 is 5.73 Å². The summed E-state index contributed by atoms with van der Waals surface area (Å²) in [5.74, 6) is 0. The van der Waals surface area contributed by atoms with E-state index in [9.17, 15) is 0 Å². The van der Waals surface area contributed by atoms with Gasteiger partial charge in [0, 0.05) is 13.1 Å². The minimum absolute atomic E-state index is 0.430. The van der Waals surface area contributed by atoms with E-state index in [0.29, 0.717) is 5.17 Å². The van der Waals surface area contributed by atoms with E-state index in [0.717, 1.165) is 13.1 Å². The van der Waals surface area contributed by atoms with Crippen molar-refractivity contribution in [3.63, 3.8) is 0 Å². The second-order valence-corrected chi connectivity index (χ2v) is 3.68. The van der Waals surface area contributed by atoms with Gasteiger partial charge in [-0.3, -0.25) is 0 Å². The minimum atomic E-state index is -0.530. The Bertz CT molecular complexity index is 232. The number of hydrogen-bond acceptors (Lipinski definition) is 3. The largest absolute Gasteiger partial charge is 0.487 e. The number of ether oxygens (including phenoxy) is 1. The van der Waals surface area contributed by atoms with Crippen LogP contribution in [0.15, 0.2) is 12.7 Å². The summed E-state index contributed by atoms with van der Waals surface area (Å²) in [6, 6.07) is 0. The van der Waals surface area contributed by atoms with Crippen LogP contribution in [0.3, 0.4) is 0 Å². The maximum Gasteiger partial charge on any atom is 0.261 e. The number of nitrogens with zero attached hydrogens (tertiary/aromatic N) is 1. The molecule has 16 heavy (non-hydrogen) atoms. The zero-order valence-corrected chi connectivity index (χ0v) is 11.7. The number of thiocarbonyl (C=S) groups is 2. The molecular weight excluding hydrogens is 268 g/mol. The maximum absolute atomic E-state index is 7.56. The van der Waals surface area contributed by atoms with Crippen molar-refractivity contribution in [2.24, 2.45) is 5.73 Å². The molecule has 0 aliphatic heterocycles. The second kappa shape index (κ2) is 10.9. The highest BCUT2D eigenvalue weighted by Crippen LogP contribution is 2.03. The Kier molecular flexibility index (Phi) is 12.1. The van der Waals surface area contributed by atoms with Crippen LogP contribution in [-0.2, 0) is 4.74 Å². The number of aliphatic hydroxyl groups excluding tert-OH is 1. The molecule has 0 radical (unpaired) electrons. The van der Waals surface area contributed by atoms with Crippen LogP contribution in [0.1, 0.15) is 13.8 Å². The highest BCUT2D eigenvalue weighted by Gasteiger charge is 2.08. The average molecular weight is 285 g/mol. The van der Waals surface area contributed by atoms with Gasteiger partial charge in [-0.2, -0.15) is 0 Å². The van der Waals surface area contributed by atoms with E-state index in [1.807, 2.05) is 18.7 Å². The summed E-state index contributed by atoms with van der Waals surface area (Å²) in [4.78, 5) is 1.91. The van der Waals surface area contributed by atoms with Crippen LogP contribution in [0.2, 0.25) is 0 Å². The topological polar surface area (TPSA) is 58.7 Å². The molecule has 7 heteroatoms. The monoisotopic (exact) mass is 284 g/mol. The standard InChI is InChI=1S/C8H14ClNOS.CH3NOS/c1-4-7(9)11-8(12)10(5-2)6-3;2-1(3)4/h4,7H,1,5-6H2,2-3H3;(H3,2,3,4). The van der Waals surface area contributed by atoms with E-state index < -0.39 is 10.7 Å². The molecule has 0 aromatic carbocycles. The fourth-order valence-electron chi connectivity index (χ4n) is 0.701. The van der Waals surface area contributed by atoms with Crippen molar-refractivity contribution in [3.8, 4) is 0 Å². The second-order valence-electron chi connectivity index (χ2n) is 2.48. The van der Waals surface area contributed by atoms with Crippen molar-refractivity contribution in [1.29, 1.82) is 0 Å². The van der Waals surface area contributed by atoms with Gasteiger partial charge in [-0.1, -0.05) is 18.2 Å². The summed E-state index contributed by atoms with van der Waals surface area (Å²) < 4.78 is 5.15. The lowest BCUT2D eigenvalue weighted by molar-refractivity contribution is 0.253. The lowest BCUT2D eigenvalue weighted by Gasteiger charge is -2.22. The van der Waals surface area contributed by atoms with Crippen LogP contribution in [0.4, 0.5) is 0 Å². The summed E-state index contributed by atoms with van der Waals surface area (Å²) in [6.07, 6.45) is 1.50. The molecule has 0 aliphatic rings. The molecular formula is C9H17ClN2O2S2. The smallest absolute Gasteiger partial charge is 0.261 e. The van der Waals surface area contributed by atoms with E-state index in [2.05, 4.69) is 24.5 Å². The van der Waals surface area contributed by atoms with E-state index in [1.54, 1.807) is 0 Å². The van der Waals surface area contributed by atoms with Gasteiger partial charge in [0.2, 0.25) is 0 Å². The quantitative estimate of drug-likeness (QED) is 0.469. The van der Waals surface area contributed by atoms with Crippen LogP contribution in [0.25, 0.3) is 0 Å². The van der Waals surface area contributed by atoms with Crippen LogP contribution in [0.5, 0.6) is 0 Å². The normalized spacial score (nSPS) is 10.4. The van der Waals surface area contributed by atoms with Crippen molar-refractivity contribution < 1.29 is 9.84 Å². The molecule has 0 spiro atoms. The zero-order valence-electron chi connectivity index (χ0n) is 9.35. The van der Waals surface area contributed by atoms with Crippen molar-refractivity contribution in [3.05, 3.63) is 12.7 Å². The number of rotatable bonds is 4. The Hall–Kier alpha value is -0.590. The summed E-state index contributed by atoms with van der Waals surface area (Å²) in [7, 11) is 0. The van der Waals surface area contributed by atoms with Crippen molar-refractivity contribution in [2.75, 3.05) is 13.1 Å². The maximum atomic E-state index is 7.56. The minimum Gasteiger partial charge on any atom is -0.487 e. The lowest BCUT2D eigenvalue weighted by Crippen LogP contribution is -2.32. The highest BCUT2D eigenvalue weighted by molar-refractivity contribution is 7.80. The lowest BCUT2D eigenvalue weighted by atomic mass is 10.6. The first-order valence-electron chi connectivity index (χ1n) is 4.59. The molecule has 0 aliphatic carbocycles. The molecule has 4 nitrogen and oxygen atoms in total. The molecule has 0 rings (SSSR count). The van der Waals surface area contributed by atoms with Crippen molar-refractivity contribution in [2.45, 2.75) is 19.4 Å². The number of nitrogens with two attached hydrogens (primary N) is 1. The summed E-state index contributed by atoms with van der Waals surface area (Å²) in [5, 5.41) is 7.50. The predicted octanol–water partition coefficient (Wildman–Crippen LogP) is 2.17. The summed E-state index contributed by atoms with van der Waals surface area (Å²) >= 11 is 14.5. The molecule has 0 fully saturated rings. The molecule has 0 heterocycles. The molecule has 0 amide bonds. The van der Waals surface area contributed by atoms with Crippen LogP contribution in [-0.4, -0.2) is 39.0 Å². The summed E-state index contributed by atoms with van der Waals surface area (Å²) in [5.41, 5.74) is 3.87. The van der Waals surface area contributed by atoms with E-state index >= 15 is 0 Å². The number of halogens is 1. The third-order valence-electron chi connectivity index (χ3n) is 1.42. The van der Waals surface area contributed by atoms with Gasteiger partial charge < -0.3 is 20.5 Å². The van der Waals surface area contributed by atoms with Crippen LogP contribution >= 0.6 is 36.0 Å². The summed E-state index contributed by atoms with van der Waals surface area (Å²) in [6.45, 7) is 9.17. The van der Waals surface area contributed by atoms with E-state index in [-0.39, 0.29) is 0 Å². The van der Waals surface area contributed by atoms with Crippen molar-refractivity contribution in [1.82, 2.24) is 4.90 Å². The van der Waals surface area contributed by atoms with Crippen LogP contribution in [0, 0.1) is 0 Å². The highest BCUT2D eigenvalue weighted by atomic mass is 35.5. The first-order valence-corrected chi connectivity index (χ1v) is 5.84. The average Bonchev–Trinajstić information content (AvgIpc) is 2.18. The first-order chi connectivity index (χ1) is 7.38. The SMILES string of the molecule is C=CC(Cl)OC(=S)N(CC)CC.NC(O)=S. The number of hydrogen-bond donors (Lipinski definition) is 2. The Morgan fingerprint density at radius 1 is 1.56 bits per heavy atom. The van der Waals surface area contributed by atoms with E-state index in [4.69, 9.17) is 33.7 Å². The number of alkyl halides is 1. The molecule has 0 aromatic heterocycles. The molecule has 0 bridgehead atoms. The molecule has 1 unspecified atom stereocenters. The third-order valence-corrected chi connectivity index (χ3v) is 2.04. The molecule has 1 atom stereocenters. The molecule has 0 saturated carbocycles. The Balaban J connectivity index is 0.